The molecule has 0 aliphatic rings. The number of carbonyl (C=O) groups excluding carboxylic acids is 2. The highest BCUT2D eigenvalue weighted by molar-refractivity contribution is 5.90. The van der Waals surface area contributed by atoms with E-state index in [1.54, 1.807) is 13.8 Å². The second-order valence-corrected chi connectivity index (χ2v) is 2.94. The average molecular weight is 223 g/mol. The summed E-state index contributed by atoms with van der Waals surface area (Å²) < 4.78 is 0. The molecular weight excluding hydrogens is 210 g/mol. The number of carbonyl (C=O) groups is 2. The molecule has 0 fully saturated rings. The van der Waals surface area contributed by atoms with Crippen molar-refractivity contribution < 1.29 is 9.59 Å². The van der Waals surface area contributed by atoms with Crippen LogP contribution in [0.3, 0.4) is 0 Å². The Kier molecular flexibility index (Phi) is 4.31. The molecule has 0 aliphatic heterocycles. The van der Waals surface area contributed by atoms with Gasteiger partial charge in [0, 0.05) is 12.8 Å². The van der Waals surface area contributed by atoms with E-state index < -0.39 is 0 Å². The minimum Gasteiger partial charge on any atom is -0.294 e. The van der Waals surface area contributed by atoms with E-state index in [1.165, 1.54) is 6.33 Å². The largest absolute Gasteiger partial charge is 0.294 e. The van der Waals surface area contributed by atoms with Crippen LogP contribution in [0.1, 0.15) is 26.7 Å². The third-order valence-corrected chi connectivity index (χ3v) is 1.72. The summed E-state index contributed by atoms with van der Waals surface area (Å²) in [5, 5.41) is 4.94. The van der Waals surface area contributed by atoms with E-state index in [4.69, 9.17) is 0 Å². The number of hydrogen-bond acceptors (Lipinski definition) is 5. The normalized spacial score (nSPS) is 9.62. The molecule has 0 aromatic carbocycles. The monoisotopic (exact) mass is 223 g/mol. The van der Waals surface area contributed by atoms with Gasteiger partial charge in [-0.25, -0.2) is 9.97 Å². The molecule has 0 unspecified atom stereocenters. The molecule has 16 heavy (non-hydrogen) atoms. The van der Waals surface area contributed by atoms with E-state index in [1.807, 2.05) is 0 Å². The van der Waals surface area contributed by atoms with Gasteiger partial charge in [-0.15, -0.1) is 0 Å². The second-order valence-electron chi connectivity index (χ2n) is 2.94. The van der Waals surface area contributed by atoms with Gasteiger partial charge in [0.1, 0.15) is 6.33 Å². The van der Waals surface area contributed by atoms with E-state index in [0.717, 1.165) is 0 Å². The van der Waals surface area contributed by atoms with Gasteiger partial charge in [0.25, 0.3) is 0 Å². The summed E-state index contributed by atoms with van der Waals surface area (Å²) in [6, 6.07) is 0. The predicted molar refractivity (Wildman–Crippen MR) is 57.7 cm³/mol. The van der Waals surface area contributed by atoms with Gasteiger partial charge in [-0.3, -0.25) is 20.2 Å². The molecule has 0 radical (unpaired) electrons. The van der Waals surface area contributed by atoms with Crippen LogP contribution < -0.4 is 10.6 Å². The molecule has 0 spiro atoms. The summed E-state index contributed by atoms with van der Waals surface area (Å²) >= 11 is 0. The van der Waals surface area contributed by atoms with Gasteiger partial charge >= 0.3 is 0 Å². The van der Waals surface area contributed by atoms with Crippen molar-refractivity contribution in [2.45, 2.75) is 26.7 Å². The molecule has 2 N–H and O–H groups in total. The molecule has 0 saturated heterocycles. The molecule has 1 heterocycles. The van der Waals surface area contributed by atoms with E-state index >= 15 is 0 Å². The average Bonchev–Trinajstić information content (AvgIpc) is 2.29. The zero-order valence-corrected chi connectivity index (χ0v) is 9.15. The van der Waals surface area contributed by atoms with Crippen molar-refractivity contribution >= 4 is 23.7 Å². The molecule has 86 valence electrons. The van der Waals surface area contributed by atoms with Gasteiger partial charge < -0.3 is 0 Å². The first-order valence-electron chi connectivity index (χ1n) is 4.94. The van der Waals surface area contributed by atoms with Crippen LogP contribution in [0.25, 0.3) is 0 Å². The van der Waals surface area contributed by atoms with Crippen molar-refractivity contribution in [1.82, 2.24) is 15.0 Å². The van der Waals surface area contributed by atoms with Crippen molar-refractivity contribution in [2.75, 3.05) is 10.6 Å². The highest BCUT2D eigenvalue weighted by atomic mass is 16.2. The first-order valence-corrected chi connectivity index (χ1v) is 4.94. The fraction of sp³-hybridized carbons (Fsp3) is 0.444. The van der Waals surface area contributed by atoms with Crippen LogP contribution >= 0.6 is 0 Å². The molecule has 2 amide bonds. The van der Waals surface area contributed by atoms with Gasteiger partial charge in [-0.05, 0) is 0 Å². The Morgan fingerprint density at radius 3 is 1.88 bits per heavy atom. The number of amides is 2. The molecule has 1 aromatic rings. The number of hydrogen-bond donors (Lipinski definition) is 2. The van der Waals surface area contributed by atoms with Crippen molar-refractivity contribution in [1.29, 1.82) is 0 Å². The highest BCUT2D eigenvalue weighted by Crippen LogP contribution is 2.02. The lowest BCUT2D eigenvalue weighted by Gasteiger charge is -2.04. The first kappa shape index (κ1) is 12.0. The second kappa shape index (κ2) is 5.74. The van der Waals surface area contributed by atoms with Crippen LogP contribution in [-0.4, -0.2) is 26.8 Å². The summed E-state index contributed by atoms with van der Waals surface area (Å²) in [6.07, 6.45) is 1.90. The Hall–Kier alpha value is -2.05. The minimum atomic E-state index is -0.195. The maximum atomic E-state index is 11.1. The van der Waals surface area contributed by atoms with Gasteiger partial charge in [-0.2, -0.15) is 4.98 Å². The zero-order valence-electron chi connectivity index (χ0n) is 9.15. The molecule has 1 aromatic heterocycles. The number of anilines is 2. The van der Waals surface area contributed by atoms with Crippen molar-refractivity contribution in [2.24, 2.45) is 0 Å². The lowest BCUT2D eigenvalue weighted by Crippen LogP contribution is -2.16. The third kappa shape index (κ3) is 3.60. The molecular formula is C9H13N5O2. The van der Waals surface area contributed by atoms with Gasteiger partial charge in [0.15, 0.2) is 0 Å². The predicted octanol–water partition coefficient (Wildman–Crippen LogP) is 0.569. The molecule has 7 heteroatoms. The maximum absolute atomic E-state index is 11.1. The smallest absolute Gasteiger partial charge is 0.234 e. The molecule has 0 atom stereocenters. The topological polar surface area (TPSA) is 96.9 Å². The van der Waals surface area contributed by atoms with Crippen molar-refractivity contribution in [3.63, 3.8) is 0 Å². The summed E-state index contributed by atoms with van der Waals surface area (Å²) in [6.45, 7) is 3.44. The van der Waals surface area contributed by atoms with Gasteiger partial charge in [0.05, 0.1) is 0 Å². The fourth-order valence-corrected chi connectivity index (χ4v) is 0.843. The Morgan fingerprint density at radius 1 is 1.06 bits per heavy atom. The van der Waals surface area contributed by atoms with Gasteiger partial charge in [-0.1, -0.05) is 13.8 Å². The molecule has 0 saturated carbocycles. The molecule has 0 aliphatic carbocycles. The number of nitrogens with zero attached hydrogens (tertiary/aromatic N) is 3. The third-order valence-electron chi connectivity index (χ3n) is 1.72. The first-order chi connectivity index (χ1) is 7.65. The lowest BCUT2D eigenvalue weighted by atomic mass is 10.4. The summed E-state index contributed by atoms with van der Waals surface area (Å²) in [5.41, 5.74) is 0. The number of nitrogens with one attached hydrogen (secondary N) is 2. The Morgan fingerprint density at radius 2 is 1.50 bits per heavy atom. The van der Waals surface area contributed by atoms with Crippen LogP contribution in [0.4, 0.5) is 11.9 Å². The Labute approximate surface area is 92.7 Å². The SMILES string of the molecule is CCC(=O)Nc1ncnc(NC(=O)CC)n1. The van der Waals surface area contributed by atoms with Crippen molar-refractivity contribution in [3.05, 3.63) is 6.33 Å². The van der Waals surface area contributed by atoms with E-state index in [-0.39, 0.29) is 23.7 Å². The van der Waals surface area contributed by atoms with Crippen LogP contribution in [0.15, 0.2) is 6.33 Å². The Balaban J connectivity index is 2.71. The van der Waals surface area contributed by atoms with E-state index in [0.29, 0.717) is 12.8 Å². The molecule has 0 bridgehead atoms. The van der Waals surface area contributed by atoms with Gasteiger partial charge in [0.2, 0.25) is 23.7 Å². The summed E-state index contributed by atoms with van der Waals surface area (Å²) in [7, 11) is 0. The molecule has 7 nitrogen and oxygen atoms in total. The van der Waals surface area contributed by atoms with Crippen LogP contribution in [0.5, 0.6) is 0 Å². The Bertz CT molecular complexity index is 360. The highest BCUT2D eigenvalue weighted by Gasteiger charge is 2.05. The quantitative estimate of drug-likeness (QED) is 0.777. The molecule has 1 rings (SSSR count). The number of rotatable bonds is 4. The minimum absolute atomic E-state index is 0.133. The van der Waals surface area contributed by atoms with Crippen LogP contribution in [0.2, 0.25) is 0 Å². The van der Waals surface area contributed by atoms with E-state index in [2.05, 4.69) is 25.6 Å². The van der Waals surface area contributed by atoms with Crippen LogP contribution in [-0.2, 0) is 9.59 Å². The number of aromatic nitrogens is 3. The van der Waals surface area contributed by atoms with E-state index in [9.17, 15) is 9.59 Å². The van der Waals surface area contributed by atoms with Crippen LogP contribution in [0, 0.1) is 0 Å². The summed E-state index contributed by atoms with van der Waals surface area (Å²) in [5.74, 6) is -0.126. The fourth-order valence-electron chi connectivity index (χ4n) is 0.843. The maximum Gasteiger partial charge on any atom is 0.234 e. The standard InChI is InChI=1S/C9H13N5O2/c1-3-6(15)12-8-10-5-11-9(14-8)13-7(16)4-2/h5H,3-4H2,1-2H3,(H2,10,11,12,13,14,15,16). The summed E-state index contributed by atoms with van der Waals surface area (Å²) in [4.78, 5) is 33.5. The zero-order chi connectivity index (χ0) is 12.0. The van der Waals surface area contributed by atoms with Crippen molar-refractivity contribution in [3.8, 4) is 0 Å². The lowest BCUT2D eigenvalue weighted by molar-refractivity contribution is -0.116.